The Morgan fingerprint density at radius 1 is 0.714 bits per heavy atom. The fourth-order valence-electron chi connectivity index (χ4n) is 2.39. The Balaban J connectivity index is 2.28. The number of ether oxygens (including phenoxy) is 2. The highest BCUT2D eigenvalue weighted by Crippen LogP contribution is 2.33. The maximum absolute atomic E-state index is 10.2. The van der Waals surface area contributed by atoms with Gasteiger partial charge in [0.2, 0.25) is 0 Å². The van der Waals surface area contributed by atoms with Crippen molar-refractivity contribution < 1.29 is 19.7 Å². The predicted molar refractivity (Wildman–Crippen MR) is 113 cm³/mol. The van der Waals surface area contributed by atoms with Crippen LogP contribution in [0.25, 0.3) is 0 Å². The van der Waals surface area contributed by atoms with E-state index in [1.165, 1.54) is 14.2 Å². The van der Waals surface area contributed by atoms with Crippen LogP contribution in [0.4, 0.5) is 0 Å². The molecule has 0 saturated heterocycles. The van der Waals surface area contributed by atoms with Gasteiger partial charge in [-0.3, -0.25) is 9.98 Å². The number of aliphatic imine (C=N–C) groups is 2. The number of para-hydroxylation sites is 2. The lowest BCUT2D eigenvalue weighted by atomic mass is 9.83. The van der Waals surface area contributed by atoms with Gasteiger partial charge in [-0.05, 0) is 52.0 Å². The highest BCUT2D eigenvalue weighted by Gasteiger charge is 2.36. The Bertz CT molecular complexity index is 813. The monoisotopic (exact) mass is 384 g/mol. The van der Waals surface area contributed by atoms with Crippen molar-refractivity contribution in [2.45, 2.75) is 38.8 Å². The molecule has 0 aromatic heterocycles. The normalized spacial score (nSPS) is 12.6. The Morgan fingerprint density at radius 2 is 1.07 bits per heavy atom. The SMILES string of the molecule is COc1cccc(/C=N/C(C)(C)C(C)(C)/N=C/c2cccc(OC)c2O)c1O. The van der Waals surface area contributed by atoms with Gasteiger partial charge in [0.05, 0.1) is 25.3 Å². The van der Waals surface area contributed by atoms with E-state index in [1.54, 1.807) is 48.8 Å². The molecule has 6 heteroatoms. The van der Waals surface area contributed by atoms with Crippen LogP contribution in [0.3, 0.4) is 0 Å². The number of hydrogen-bond acceptors (Lipinski definition) is 6. The van der Waals surface area contributed by atoms with E-state index >= 15 is 0 Å². The summed E-state index contributed by atoms with van der Waals surface area (Å²) in [5.74, 6) is 0.888. The topological polar surface area (TPSA) is 83.6 Å². The first-order chi connectivity index (χ1) is 13.1. The molecule has 6 nitrogen and oxygen atoms in total. The lowest BCUT2D eigenvalue weighted by Crippen LogP contribution is -2.42. The van der Waals surface area contributed by atoms with Crippen LogP contribution in [0.5, 0.6) is 23.0 Å². The zero-order valence-electron chi connectivity index (χ0n) is 17.2. The van der Waals surface area contributed by atoms with E-state index in [4.69, 9.17) is 9.47 Å². The first-order valence-electron chi connectivity index (χ1n) is 8.95. The summed E-state index contributed by atoms with van der Waals surface area (Å²) in [6.45, 7) is 7.85. The average Bonchev–Trinajstić information content (AvgIpc) is 2.66. The second-order valence-corrected chi connectivity index (χ2v) is 7.43. The lowest BCUT2D eigenvalue weighted by Gasteiger charge is -2.35. The predicted octanol–water partition coefficient (Wildman–Crippen LogP) is 4.21. The summed E-state index contributed by atoms with van der Waals surface area (Å²) in [5.41, 5.74) is -0.0450. The second-order valence-electron chi connectivity index (χ2n) is 7.43. The minimum atomic E-state index is -0.590. The van der Waals surface area contributed by atoms with E-state index in [0.717, 1.165) is 0 Å². The van der Waals surface area contributed by atoms with Crippen LogP contribution in [-0.4, -0.2) is 47.9 Å². The van der Waals surface area contributed by atoms with Crippen LogP contribution >= 0.6 is 0 Å². The van der Waals surface area contributed by atoms with Gasteiger partial charge in [0.25, 0.3) is 0 Å². The molecule has 0 spiro atoms. The summed E-state index contributed by atoms with van der Waals surface area (Å²) in [6, 6.07) is 10.5. The number of benzene rings is 2. The molecule has 0 aliphatic heterocycles. The number of aromatic hydroxyl groups is 2. The summed E-state index contributed by atoms with van der Waals surface area (Å²) in [6.07, 6.45) is 3.25. The van der Waals surface area contributed by atoms with Gasteiger partial charge < -0.3 is 19.7 Å². The molecule has 0 unspecified atom stereocenters. The summed E-state index contributed by atoms with van der Waals surface area (Å²) in [5, 5.41) is 20.5. The first-order valence-corrected chi connectivity index (χ1v) is 8.95. The van der Waals surface area contributed by atoms with E-state index in [9.17, 15) is 10.2 Å². The van der Waals surface area contributed by atoms with Crippen molar-refractivity contribution in [3.63, 3.8) is 0 Å². The third-order valence-corrected chi connectivity index (χ3v) is 5.05. The molecular formula is C22H28N2O4. The van der Waals surface area contributed by atoms with Crippen molar-refractivity contribution in [1.82, 2.24) is 0 Å². The Labute approximate surface area is 166 Å². The molecule has 0 saturated carbocycles. The van der Waals surface area contributed by atoms with Gasteiger partial charge in [-0.15, -0.1) is 0 Å². The molecule has 2 aromatic rings. The maximum atomic E-state index is 10.2. The summed E-state index contributed by atoms with van der Waals surface area (Å²) in [7, 11) is 3.01. The third kappa shape index (κ3) is 4.44. The van der Waals surface area contributed by atoms with Crippen LogP contribution < -0.4 is 9.47 Å². The number of rotatable bonds is 7. The van der Waals surface area contributed by atoms with Crippen molar-refractivity contribution in [2.75, 3.05) is 14.2 Å². The Morgan fingerprint density at radius 3 is 1.39 bits per heavy atom. The van der Waals surface area contributed by atoms with Gasteiger partial charge in [-0.2, -0.15) is 0 Å². The van der Waals surface area contributed by atoms with Gasteiger partial charge >= 0.3 is 0 Å². The quantitative estimate of drug-likeness (QED) is 0.701. The van der Waals surface area contributed by atoms with Crippen molar-refractivity contribution in [3.8, 4) is 23.0 Å². The number of hydrogen-bond donors (Lipinski definition) is 2. The molecule has 0 aliphatic carbocycles. The molecule has 0 amide bonds. The second kappa shape index (κ2) is 8.33. The van der Waals surface area contributed by atoms with Gasteiger partial charge in [-0.1, -0.05) is 12.1 Å². The van der Waals surface area contributed by atoms with E-state index in [2.05, 4.69) is 9.98 Å². The van der Waals surface area contributed by atoms with Crippen molar-refractivity contribution in [1.29, 1.82) is 0 Å². The van der Waals surface area contributed by atoms with Crippen molar-refractivity contribution in [2.24, 2.45) is 9.98 Å². The van der Waals surface area contributed by atoms with E-state index < -0.39 is 11.1 Å². The molecule has 2 N–H and O–H groups in total. The highest BCUT2D eigenvalue weighted by atomic mass is 16.5. The molecule has 0 fully saturated rings. The molecular weight excluding hydrogens is 356 g/mol. The van der Waals surface area contributed by atoms with Crippen LogP contribution in [-0.2, 0) is 0 Å². The van der Waals surface area contributed by atoms with Crippen LogP contribution in [0, 0.1) is 0 Å². The molecule has 150 valence electrons. The lowest BCUT2D eigenvalue weighted by molar-refractivity contribution is 0.317. The third-order valence-electron chi connectivity index (χ3n) is 5.05. The largest absolute Gasteiger partial charge is 0.504 e. The molecule has 28 heavy (non-hydrogen) atoms. The minimum absolute atomic E-state index is 0.0483. The van der Waals surface area contributed by atoms with Crippen molar-refractivity contribution >= 4 is 12.4 Å². The average molecular weight is 384 g/mol. The first kappa shape index (κ1) is 21.3. The summed E-state index contributed by atoms with van der Waals surface area (Å²) >= 11 is 0. The van der Waals surface area contributed by atoms with E-state index in [-0.39, 0.29) is 11.5 Å². The maximum Gasteiger partial charge on any atom is 0.166 e. The fourth-order valence-corrected chi connectivity index (χ4v) is 2.39. The standard InChI is InChI=1S/C22H28N2O4/c1-21(2,23-13-15-9-7-11-17(27-5)19(15)25)22(3,4)24-14-16-10-8-12-18(28-6)20(16)26/h7-14,25-26H,1-6H3/b23-13+,24-14+. The molecule has 0 bridgehead atoms. The van der Waals surface area contributed by atoms with E-state index in [1.807, 2.05) is 27.7 Å². The van der Waals surface area contributed by atoms with Gasteiger partial charge in [-0.25, -0.2) is 0 Å². The number of methoxy groups -OCH3 is 2. The number of phenols is 2. The minimum Gasteiger partial charge on any atom is -0.504 e. The smallest absolute Gasteiger partial charge is 0.166 e. The van der Waals surface area contributed by atoms with Crippen LogP contribution in [0.15, 0.2) is 46.4 Å². The molecule has 0 heterocycles. The fraction of sp³-hybridized carbons (Fsp3) is 0.364. The molecule has 0 atom stereocenters. The van der Waals surface area contributed by atoms with Gasteiger partial charge in [0, 0.05) is 23.6 Å². The van der Waals surface area contributed by atoms with Gasteiger partial charge in [0.1, 0.15) is 0 Å². The van der Waals surface area contributed by atoms with Crippen LogP contribution in [0.2, 0.25) is 0 Å². The highest BCUT2D eigenvalue weighted by molar-refractivity contribution is 5.86. The summed E-state index contributed by atoms with van der Waals surface area (Å²) < 4.78 is 10.3. The van der Waals surface area contributed by atoms with Crippen molar-refractivity contribution in [3.05, 3.63) is 47.5 Å². The van der Waals surface area contributed by atoms with E-state index in [0.29, 0.717) is 22.6 Å². The molecule has 0 radical (unpaired) electrons. The number of nitrogens with zero attached hydrogens (tertiary/aromatic N) is 2. The Kier molecular flexibility index (Phi) is 6.33. The zero-order chi connectivity index (χ0) is 20.9. The summed E-state index contributed by atoms with van der Waals surface area (Å²) in [4.78, 5) is 9.32. The van der Waals surface area contributed by atoms with Gasteiger partial charge in [0.15, 0.2) is 23.0 Å². The molecule has 2 rings (SSSR count). The van der Waals surface area contributed by atoms with Crippen LogP contribution in [0.1, 0.15) is 38.8 Å². The Hall–Kier alpha value is -3.02. The zero-order valence-corrected chi connectivity index (χ0v) is 17.2. The molecule has 0 aliphatic rings. The number of phenolic OH excluding ortho intramolecular Hbond substituents is 2. The molecule has 2 aromatic carbocycles.